The first-order chi connectivity index (χ1) is 10.2. The van der Waals surface area contributed by atoms with Gasteiger partial charge in [0, 0.05) is 6.04 Å². The Hall–Kier alpha value is -1.02. The van der Waals surface area contributed by atoms with Crippen LogP contribution in [0.1, 0.15) is 63.1 Å². The second kappa shape index (κ2) is 7.84. The molecule has 0 saturated heterocycles. The first kappa shape index (κ1) is 16.4. The summed E-state index contributed by atoms with van der Waals surface area (Å²) in [4.78, 5) is 0. The molecule has 118 valence electrons. The van der Waals surface area contributed by atoms with E-state index in [0.29, 0.717) is 6.04 Å². The Morgan fingerprint density at radius 1 is 1.29 bits per heavy atom. The molecule has 1 aromatic carbocycles. The van der Waals surface area contributed by atoms with Crippen LogP contribution in [-0.2, 0) is 0 Å². The second-order valence-electron chi connectivity index (χ2n) is 6.50. The van der Waals surface area contributed by atoms with E-state index in [4.69, 9.17) is 4.74 Å². The molecular formula is C19H31NO. The molecule has 1 N–H and O–H groups in total. The number of methoxy groups -OCH3 is 1. The van der Waals surface area contributed by atoms with Gasteiger partial charge in [0.2, 0.25) is 0 Å². The normalized spacial score (nSPS) is 23.2. The van der Waals surface area contributed by atoms with Crippen LogP contribution in [0.4, 0.5) is 0 Å². The number of hydrogen-bond donors (Lipinski definition) is 1. The Morgan fingerprint density at radius 3 is 2.67 bits per heavy atom. The molecule has 0 heterocycles. The molecule has 1 saturated carbocycles. The van der Waals surface area contributed by atoms with Crippen LogP contribution in [0.2, 0.25) is 0 Å². The van der Waals surface area contributed by atoms with E-state index in [1.807, 2.05) is 0 Å². The maximum atomic E-state index is 5.35. The third-order valence-corrected chi connectivity index (χ3v) is 5.06. The van der Waals surface area contributed by atoms with Gasteiger partial charge < -0.3 is 10.1 Å². The lowest BCUT2D eigenvalue weighted by Gasteiger charge is -2.27. The predicted octanol–water partition coefficient (Wildman–Crippen LogP) is 4.87. The molecular weight excluding hydrogens is 258 g/mol. The van der Waals surface area contributed by atoms with Crippen LogP contribution < -0.4 is 10.1 Å². The monoisotopic (exact) mass is 289 g/mol. The maximum Gasteiger partial charge on any atom is 0.119 e. The van der Waals surface area contributed by atoms with Crippen molar-refractivity contribution in [2.75, 3.05) is 13.7 Å². The van der Waals surface area contributed by atoms with E-state index in [2.05, 4.69) is 44.3 Å². The number of rotatable bonds is 7. The molecule has 1 aromatic rings. The summed E-state index contributed by atoms with van der Waals surface area (Å²) in [6.45, 7) is 7.89. The molecule has 21 heavy (non-hydrogen) atoms. The minimum atomic E-state index is 0.507. The topological polar surface area (TPSA) is 21.3 Å². The Bertz CT molecular complexity index is 443. The first-order valence-corrected chi connectivity index (χ1v) is 8.57. The van der Waals surface area contributed by atoms with E-state index in [1.165, 1.54) is 43.2 Å². The van der Waals surface area contributed by atoms with Crippen molar-refractivity contribution >= 4 is 0 Å². The van der Waals surface area contributed by atoms with Crippen LogP contribution in [0.25, 0.3) is 0 Å². The van der Waals surface area contributed by atoms with E-state index >= 15 is 0 Å². The minimum absolute atomic E-state index is 0.507. The van der Waals surface area contributed by atoms with Gasteiger partial charge >= 0.3 is 0 Å². The molecule has 0 spiro atoms. The Balaban J connectivity index is 2.19. The quantitative estimate of drug-likeness (QED) is 0.773. The first-order valence-electron chi connectivity index (χ1n) is 8.57. The zero-order chi connectivity index (χ0) is 15.2. The molecule has 2 rings (SSSR count). The zero-order valence-corrected chi connectivity index (χ0v) is 14.1. The van der Waals surface area contributed by atoms with E-state index in [0.717, 1.165) is 24.1 Å². The van der Waals surface area contributed by atoms with Crippen LogP contribution in [0, 0.1) is 18.8 Å². The molecule has 0 amide bonds. The fourth-order valence-corrected chi connectivity index (χ4v) is 3.74. The standard InChI is InChI=1S/C19H31NO/c1-5-11-20-19(16-8-7-15(6-2)13-16)18-10-9-17(21-4)12-14(18)3/h9-10,12,15-16,19-20H,5-8,11,13H2,1-4H3. The van der Waals surface area contributed by atoms with Gasteiger partial charge in [-0.2, -0.15) is 0 Å². The van der Waals surface area contributed by atoms with Gasteiger partial charge in [0.15, 0.2) is 0 Å². The summed E-state index contributed by atoms with van der Waals surface area (Å²) in [7, 11) is 1.74. The third kappa shape index (κ3) is 4.00. The minimum Gasteiger partial charge on any atom is -0.497 e. The molecule has 0 bridgehead atoms. The molecule has 0 aliphatic heterocycles. The lowest BCUT2D eigenvalue weighted by atomic mass is 9.88. The summed E-state index contributed by atoms with van der Waals surface area (Å²) in [5, 5.41) is 3.81. The molecule has 2 nitrogen and oxygen atoms in total. The largest absolute Gasteiger partial charge is 0.497 e. The van der Waals surface area contributed by atoms with Crippen LogP contribution in [0.3, 0.4) is 0 Å². The van der Waals surface area contributed by atoms with Crippen LogP contribution in [0.15, 0.2) is 18.2 Å². The average molecular weight is 289 g/mol. The zero-order valence-electron chi connectivity index (χ0n) is 14.1. The van der Waals surface area contributed by atoms with Crippen molar-refractivity contribution < 1.29 is 4.74 Å². The second-order valence-corrected chi connectivity index (χ2v) is 6.50. The van der Waals surface area contributed by atoms with Gasteiger partial charge in [-0.25, -0.2) is 0 Å². The summed E-state index contributed by atoms with van der Waals surface area (Å²) >= 11 is 0. The van der Waals surface area contributed by atoms with Crippen molar-refractivity contribution in [3.63, 3.8) is 0 Å². The molecule has 1 fully saturated rings. The van der Waals surface area contributed by atoms with Gasteiger partial charge in [-0.15, -0.1) is 0 Å². The smallest absolute Gasteiger partial charge is 0.119 e. The number of ether oxygens (including phenoxy) is 1. The van der Waals surface area contributed by atoms with E-state index < -0.39 is 0 Å². The average Bonchev–Trinajstić information content (AvgIpc) is 2.97. The third-order valence-electron chi connectivity index (χ3n) is 5.06. The Morgan fingerprint density at radius 2 is 2.10 bits per heavy atom. The van der Waals surface area contributed by atoms with Crippen molar-refractivity contribution in [1.82, 2.24) is 5.32 Å². The van der Waals surface area contributed by atoms with Gasteiger partial charge in [-0.3, -0.25) is 0 Å². The van der Waals surface area contributed by atoms with Crippen molar-refractivity contribution in [3.8, 4) is 5.75 Å². The van der Waals surface area contributed by atoms with Crippen molar-refractivity contribution in [3.05, 3.63) is 29.3 Å². The van der Waals surface area contributed by atoms with Gasteiger partial charge in [-0.05, 0) is 67.8 Å². The highest BCUT2D eigenvalue weighted by molar-refractivity contribution is 5.37. The van der Waals surface area contributed by atoms with E-state index in [9.17, 15) is 0 Å². The lowest BCUT2D eigenvalue weighted by Crippen LogP contribution is -2.28. The summed E-state index contributed by atoms with van der Waals surface area (Å²) in [5.74, 6) is 2.68. The number of aryl methyl sites for hydroxylation is 1. The molecule has 0 radical (unpaired) electrons. The van der Waals surface area contributed by atoms with Gasteiger partial charge in [0.05, 0.1) is 7.11 Å². The summed E-state index contributed by atoms with van der Waals surface area (Å²) in [6.07, 6.45) is 6.67. The van der Waals surface area contributed by atoms with Crippen molar-refractivity contribution in [1.29, 1.82) is 0 Å². The number of hydrogen-bond acceptors (Lipinski definition) is 2. The Labute approximate surface area is 130 Å². The fraction of sp³-hybridized carbons (Fsp3) is 0.684. The van der Waals surface area contributed by atoms with Crippen LogP contribution in [0.5, 0.6) is 5.75 Å². The van der Waals surface area contributed by atoms with Crippen molar-refractivity contribution in [2.24, 2.45) is 11.8 Å². The molecule has 0 aromatic heterocycles. The Kier molecular flexibility index (Phi) is 6.10. The number of nitrogens with one attached hydrogen (secondary N) is 1. The summed E-state index contributed by atoms with van der Waals surface area (Å²) < 4.78 is 5.35. The van der Waals surface area contributed by atoms with Crippen LogP contribution in [-0.4, -0.2) is 13.7 Å². The van der Waals surface area contributed by atoms with E-state index in [1.54, 1.807) is 7.11 Å². The highest BCUT2D eigenvalue weighted by Gasteiger charge is 2.31. The molecule has 3 unspecified atom stereocenters. The highest BCUT2D eigenvalue weighted by Crippen LogP contribution is 2.41. The molecule has 2 heteroatoms. The summed E-state index contributed by atoms with van der Waals surface area (Å²) in [5.41, 5.74) is 2.81. The van der Waals surface area contributed by atoms with Gasteiger partial charge in [0.1, 0.15) is 5.75 Å². The lowest BCUT2D eigenvalue weighted by molar-refractivity contribution is 0.352. The summed E-state index contributed by atoms with van der Waals surface area (Å²) in [6, 6.07) is 7.05. The van der Waals surface area contributed by atoms with E-state index in [-0.39, 0.29) is 0 Å². The van der Waals surface area contributed by atoms with Gasteiger partial charge in [-0.1, -0.05) is 32.8 Å². The molecule has 1 aliphatic carbocycles. The molecule has 1 aliphatic rings. The SMILES string of the molecule is CCCNC(c1ccc(OC)cc1C)C1CCC(CC)C1. The molecule has 3 atom stereocenters. The highest BCUT2D eigenvalue weighted by atomic mass is 16.5. The van der Waals surface area contributed by atoms with Gasteiger partial charge in [0.25, 0.3) is 0 Å². The number of benzene rings is 1. The van der Waals surface area contributed by atoms with Crippen molar-refractivity contribution in [2.45, 2.75) is 58.9 Å². The van der Waals surface area contributed by atoms with Crippen LogP contribution >= 0.6 is 0 Å². The predicted molar refractivity (Wildman–Crippen MR) is 89.9 cm³/mol. The fourth-order valence-electron chi connectivity index (χ4n) is 3.74. The maximum absolute atomic E-state index is 5.35.